The van der Waals surface area contributed by atoms with Crippen molar-refractivity contribution in [2.75, 3.05) is 29.2 Å². The van der Waals surface area contributed by atoms with Crippen molar-refractivity contribution in [3.8, 4) is 0 Å². The third kappa shape index (κ3) is 7.66. The molecule has 2 rings (SSSR count). The zero-order valence-electron chi connectivity index (χ0n) is 17.4. The van der Waals surface area contributed by atoms with Crippen molar-refractivity contribution in [2.24, 2.45) is 0 Å². The summed E-state index contributed by atoms with van der Waals surface area (Å²) in [5.41, 5.74) is 0.912. The number of thioether (sulfide) groups is 1. The summed E-state index contributed by atoms with van der Waals surface area (Å²) < 4.78 is 41.5. The Kier molecular flexibility index (Phi) is 9.69. The maximum Gasteiger partial charge on any atom is 0.319 e. The summed E-state index contributed by atoms with van der Waals surface area (Å²) in [6, 6.07) is 9.77. The minimum atomic E-state index is -4.24. The Balaban J connectivity index is 2.08. The molecule has 2 aromatic rings. The second-order valence-corrected chi connectivity index (χ2v) is 9.24. The number of nitrogens with one attached hydrogen (secondary N) is 4. The van der Waals surface area contributed by atoms with Crippen LogP contribution in [0.5, 0.6) is 0 Å². The van der Waals surface area contributed by atoms with Crippen LogP contribution in [-0.4, -0.2) is 45.0 Å². The van der Waals surface area contributed by atoms with Gasteiger partial charge in [0.05, 0.1) is 0 Å². The highest BCUT2D eigenvalue weighted by molar-refractivity contribution is 7.98. The fraction of sp³-hybridized carbons (Fsp3) is 0.238. The molecule has 0 saturated carbocycles. The predicted octanol–water partition coefficient (Wildman–Crippen LogP) is 3.17. The van der Waals surface area contributed by atoms with E-state index in [1.165, 1.54) is 23.9 Å². The monoisotopic (exact) mass is 480 g/mol. The van der Waals surface area contributed by atoms with Gasteiger partial charge in [0, 0.05) is 17.9 Å². The Bertz CT molecular complexity index is 1050. The normalized spacial score (nSPS) is 11.9. The third-order valence-corrected chi connectivity index (χ3v) is 6.32. The van der Waals surface area contributed by atoms with E-state index in [0.29, 0.717) is 23.7 Å². The molecule has 11 heteroatoms. The molecule has 1 atom stereocenters. The first-order valence-corrected chi connectivity index (χ1v) is 12.5. The van der Waals surface area contributed by atoms with Crippen molar-refractivity contribution in [1.82, 2.24) is 10.0 Å². The summed E-state index contributed by atoms with van der Waals surface area (Å²) in [6.45, 7) is 3.83. The van der Waals surface area contributed by atoms with E-state index in [9.17, 15) is 22.4 Å². The zero-order valence-corrected chi connectivity index (χ0v) is 19.1. The molecule has 3 amide bonds. The van der Waals surface area contributed by atoms with Crippen molar-refractivity contribution >= 4 is 45.1 Å². The Morgan fingerprint density at radius 3 is 2.31 bits per heavy atom. The van der Waals surface area contributed by atoms with Gasteiger partial charge in [0.25, 0.3) is 0 Å². The van der Waals surface area contributed by atoms with E-state index in [2.05, 4.69) is 27.3 Å². The summed E-state index contributed by atoms with van der Waals surface area (Å²) >= 11 is 1.45. The SMILES string of the molecule is C=CCNC(=O)Nc1ccc(NC(=O)C(CCSC)NS(=O)(=O)c2ccccc2F)cc1. The fourth-order valence-electron chi connectivity index (χ4n) is 2.60. The summed E-state index contributed by atoms with van der Waals surface area (Å²) in [4.78, 5) is 23.9. The van der Waals surface area contributed by atoms with Crippen molar-refractivity contribution in [3.05, 3.63) is 67.0 Å². The molecule has 0 aliphatic carbocycles. The average Bonchev–Trinajstić information content (AvgIpc) is 2.76. The molecule has 0 spiro atoms. The van der Waals surface area contributed by atoms with Crippen LogP contribution in [0.1, 0.15) is 6.42 Å². The van der Waals surface area contributed by atoms with Crippen LogP contribution in [0.3, 0.4) is 0 Å². The molecule has 4 N–H and O–H groups in total. The average molecular weight is 481 g/mol. The molecule has 1 unspecified atom stereocenters. The minimum Gasteiger partial charge on any atom is -0.334 e. The van der Waals surface area contributed by atoms with Gasteiger partial charge in [0.2, 0.25) is 15.9 Å². The highest BCUT2D eigenvalue weighted by atomic mass is 32.2. The van der Waals surface area contributed by atoms with Crippen molar-refractivity contribution in [2.45, 2.75) is 17.4 Å². The molecule has 0 bridgehead atoms. The number of hydrogen-bond donors (Lipinski definition) is 4. The number of hydrogen-bond acceptors (Lipinski definition) is 5. The quantitative estimate of drug-likeness (QED) is 0.369. The van der Waals surface area contributed by atoms with E-state index in [0.717, 1.165) is 12.1 Å². The number of sulfonamides is 1. The standard InChI is InChI=1S/C21H25FN4O4S2/c1-3-13-23-21(28)25-16-10-8-15(9-11-16)24-20(27)18(12-14-31-2)26-32(29,30)19-7-5-4-6-17(19)22/h3-11,18,26H,1,12-14H2,2H3,(H,24,27)(H2,23,25,28). The third-order valence-electron chi connectivity index (χ3n) is 4.17. The second kappa shape index (κ2) is 12.2. The van der Waals surface area contributed by atoms with Crippen molar-refractivity contribution < 1.29 is 22.4 Å². The lowest BCUT2D eigenvalue weighted by molar-refractivity contribution is -0.117. The maximum atomic E-state index is 14.0. The first kappa shape index (κ1) is 25.4. The van der Waals surface area contributed by atoms with Gasteiger partial charge in [-0.15, -0.1) is 6.58 Å². The number of carbonyl (C=O) groups is 2. The Labute approximate surface area is 191 Å². The largest absolute Gasteiger partial charge is 0.334 e. The molecular weight excluding hydrogens is 455 g/mol. The Hall–Kier alpha value is -2.89. The molecule has 0 radical (unpaired) electrons. The lowest BCUT2D eigenvalue weighted by Crippen LogP contribution is -2.44. The van der Waals surface area contributed by atoms with Gasteiger partial charge in [0.1, 0.15) is 16.8 Å². The van der Waals surface area contributed by atoms with Crippen LogP contribution in [0.2, 0.25) is 0 Å². The Morgan fingerprint density at radius 2 is 1.72 bits per heavy atom. The molecular formula is C21H25FN4O4S2. The number of halogens is 1. The fourth-order valence-corrected chi connectivity index (χ4v) is 4.38. The van der Waals surface area contributed by atoms with Crippen molar-refractivity contribution in [1.29, 1.82) is 0 Å². The number of carbonyl (C=O) groups excluding carboxylic acids is 2. The molecule has 2 aromatic carbocycles. The van der Waals surface area contributed by atoms with Crippen molar-refractivity contribution in [3.63, 3.8) is 0 Å². The van der Waals surface area contributed by atoms with E-state index in [4.69, 9.17) is 0 Å². The molecule has 32 heavy (non-hydrogen) atoms. The van der Waals surface area contributed by atoms with Gasteiger partial charge >= 0.3 is 6.03 Å². The van der Waals surface area contributed by atoms with Gasteiger partial charge in [-0.1, -0.05) is 18.2 Å². The second-order valence-electron chi connectivity index (χ2n) is 6.58. The van der Waals surface area contributed by atoms with Gasteiger partial charge in [-0.05, 0) is 54.8 Å². The van der Waals surface area contributed by atoms with Gasteiger partial charge in [-0.3, -0.25) is 4.79 Å². The summed E-state index contributed by atoms with van der Waals surface area (Å²) in [7, 11) is -4.24. The predicted molar refractivity (Wildman–Crippen MR) is 126 cm³/mol. The van der Waals surface area contributed by atoms with Crippen LogP contribution >= 0.6 is 11.8 Å². The van der Waals surface area contributed by atoms with E-state index >= 15 is 0 Å². The lowest BCUT2D eigenvalue weighted by Gasteiger charge is -2.18. The summed E-state index contributed by atoms with van der Waals surface area (Å²) in [5, 5.41) is 7.84. The van der Waals surface area contributed by atoms with Gasteiger partial charge in [0.15, 0.2) is 0 Å². The van der Waals surface area contributed by atoms with Crippen LogP contribution in [0.15, 0.2) is 66.1 Å². The van der Waals surface area contributed by atoms with Gasteiger partial charge in [-0.25, -0.2) is 17.6 Å². The minimum absolute atomic E-state index is 0.212. The molecule has 0 fully saturated rings. The molecule has 0 saturated heterocycles. The first-order valence-electron chi connectivity index (χ1n) is 9.59. The smallest absolute Gasteiger partial charge is 0.319 e. The molecule has 8 nitrogen and oxygen atoms in total. The molecule has 0 heterocycles. The van der Waals surface area contributed by atoms with E-state index in [1.54, 1.807) is 30.3 Å². The van der Waals surface area contributed by atoms with E-state index in [1.807, 2.05) is 6.26 Å². The highest BCUT2D eigenvalue weighted by Gasteiger charge is 2.27. The van der Waals surface area contributed by atoms with E-state index in [-0.39, 0.29) is 6.42 Å². The number of anilines is 2. The highest BCUT2D eigenvalue weighted by Crippen LogP contribution is 2.17. The Morgan fingerprint density at radius 1 is 1.09 bits per heavy atom. The topological polar surface area (TPSA) is 116 Å². The molecule has 0 aromatic heterocycles. The van der Waals surface area contributed by atoms with Crippen LogP contribution in [0.25, 0.3) is 0 Å². The lowest BCUT2D eigenvalue weighted by atomic mass is 10.2. The molecule has 0 aliphatic rings. The first-order chi connectivity index (χ1) is 15.3. The number of rotatable bonds is 11. The molecule has 0 aliphatic heterocycles. The van der Waals surface area contributed by atoms with Crippen LogP contribution < -0.4 is 20.7 Å². The maximum absolute atomic E-state index is 14.0. The zero-order chi connectivity index (χ0) is 23.6. The molecule has 172 valence electrons. The van der Waals surface area contributed by atoms with Gasteiger partial charge < -0.3 is 16.0 Å². The van der Waals surface area contributed by atoms with Crippen LogP contribution in [0, 0.1) is 5.82 Å². The van der Waals surface area contributed by atoms with E-state index < -0.39 is 38.7 Å². The number of amides is 3. The van der Waals surface area contributed by atoms with Crippen LogP contribution in [-0.2, 0) is 14.8 Å². The number of benzene rings is 2. The van der Waals surface area contributed by atoms with Gasteiger partial charge in [-0.2, -0.15) is 16.5 Å². The summed E-state index contributed by atoms with van der Waals surface area (Å²) in [6.07, 6.45) is 3.59. The summed E-state index contributed by atoms with van der Waals surface area (Å²) in [5.74, 6) is -0.965. The number of urea groups is 1. The van der Waals surface area contributed by atoms with Crippen LogP contribution in [0.4, 0.5) is 20.6 Å².